The van der Waals surface area contributed by atoms with Gasteiger partial charge in [0.25, 0.3) is 0 Å². The quantitative estimate of drug-likeness (QED) is 0.678. The van der Waals surface area contributed by atoms with Gasteiger partial charge in [0.1, 0.15) is 5.82 Å². The number of anilines is 1. The predicted octanol–water partition coefficient (Wildman–Crippen LogP) is 1.16. The normalized spacial score (nSPS) is 15.8. The van der Waals surface area contributed by atoms with Crippen LogP contribution in [0.25, 0.3) is 5.65 Å². The highest BCUT2D eigenvalue weighted by molar-refractivity contribution is 5.47. The molecule has 1 aliphatic heterocycles. The van der Waals surface area contributed by atoms with Gasteiger partial charge in [0.15, 0.2) is 11.5 Å². The van der Waals surface area contributed by atoms with Gasteiger partial charge in [0, 0.05) is 19.1 Å². The predicted molar refractivity (Wildman–Crippen MR) is 82.3 cm³/mol. The summed E-state index contributed by atoms with van der Waals surface area (Å²) in [5.41, 5.74) is 0.678. The minimum absolute atomic E-state index is 0.0575. The molecule has 0 amide bonds. The van der Waals surface area contributed by atoms with Crippen LogP contribution in [0.2, 0.25) is 0 Å². The summed E-state index contributed by atoms with van der Waals surface area (Å²) >= 11 is 0. The fourth-order valence-corrected chi connectivity index (χ4v) is 2.75. The van der Waals surface area contributed by atoms with Crippen molar-refractivity contribution in [2.24, 2.45) is 0 Å². The van der Waals surface area contributed by atoms with Crippen LogP contribution >= 0.6 is 0 Å². The van der Waals surface area contributed by atoms with Crippen LogP contribution in [0.15, 0.2) is 16.5 Å². The molecule has 0 radical (unpaired) electrons. The van der Waals surface area contributed by atoms with Gasteiger partial charge in [-0.25, -0.2) is 0 Å². The van der Waals surface area contributed by atoms with Gasteiger partial charge in [-0.05, 0) is 26.1 Å². The fraction of sp³-hybridized carbons (Fsp3) is 0.500. The molecule has 1 saturated heterocycles. The molecule has 0 aromatic carbocycles. The van der Waals surface area contributed by atoms with Gasteiger partial charge in [-0.1, -0.05) is 0 Å². The number of rotatable bonds is 4. The SMILES string of the molecule is Cc1nnc2ccc(N3CC(N(C)Cc4nnc(C(F)(F)F)o4)C3)nn12. The van der Waals surface area contributed by atoms with E-state index in [-0.39, 0.29) is 18.5 Å². The van der Waals surface area contributed by atoms with Crippen molar-refractivity contribution in [2.75, 3.05) is 25.0 Å². The second kappa shape index (κ2) is 5.90. The molecule has 1 fully saturated rings. The molecule has 3 aromatic rings. The Morgan fingerprint density at radius 2 is 1.96 bits per heavy atom. The Morgan fingerprint density at radius 3 is 2.65 bits per heavy atom. The third-order valence-electron chi connectivity index (χ3n) is 4.31. The summed E-state index contributed by atoms with van der Waals surface area (Å²) in [4.78, 5) is 3.95. The number of fused-ring (bicyclic) bond motifs is 1. The lowest BCUT2D eigenvalue weighted by Crippen LogP contribution is -2.58. The van der Waals surface area contributed by atoms with Crippen LogP contribution in [0, 0.1) is 6.92 Å². The van der Waals surface area contributed by atoms with Gasteiger partial charge in [-0.15, -0.1) is 25.5 Å². The average molecular weight is 368 g/mol. The van der Waals surface area contributed by atoms with Crippen LogP contribution in [0.5, 0.6) is 0 Å². The molecule has 0 N–H and O–H groups in total. The molecule has 4 rings (SSSR count). The molecule has 0 spiro atoms. The number of likely N-dealkylation sites (N-methyl/N-ethyl adjacent to an activating group) is 1. The summed E-state index contributed by atoms with van der Waals surface area (Å²) in [5.74, 6) is 0.117. The Bertz CT molecular complexity index is 930. The largest absolute Gasteiger partial charge is 0.470 e. The Hall–Kier alpha value is -2.76. The van der Waals surface area contributed by atoms with Crippen molar-refractivity contribution in [1.82, 2.24) is 34.9 Å². The van der Waals surface area contributed by atoms with Crippen molar-refractivity contribution in [2.45, 2.75) is 25.7 Å². The van der Waals surface area contributed by atoms with E-state index >= 15 is 0 Å². The zero-order chi connectivity index (χ0) is 18.5. The van der Waals surface area contributed by atoms with Crippen molar-refractivity contribution < 1.29 is 17.6 Å². The van der Waals surface area contributed by atoms with E-state index in [1.807, 2.05) is 24.0 Å². The van der Waals surface area contributed by atoms with Gasteiger partial charge >= 0.3 is 12.1 Å². The van der Waals surface area contributed by atoms with Gasteiger partial charge in [0.2, 0.25) is 5.89 Å². The van der Waals surface area contributed by atoms with Gasteiger partial charge < -0.3 is 9.32 Å². The summed E-state index contributed by atoms with van der Waals surface area (Å²) in [6.07, 6.45) is -4.62. The second-order valence-electron chi connectivity index (χ2n) is 6.18. The van der Waals surface area contributed by atoms with Crippen LogP contribution in [0.1, 0.15) is 17.6 Å². The molecule has 0 saturated carbocycles. The van der Waals surface area contributed by atoms with E-state index in [0.29, 0.717) is 24.6 Å². The van der Waals surface area contributed by atoms with E-state index in [0.717, 1.165) is 5.82 Å². The van der Waals surface area contributed by atoms with E-state index in [9.17, 15) is 13.2 Å². The standard InChI is InChI=1S/C14H15F3N8O/c1-8-18-19-10-3-4-11(22-25(8)10)24-5-9(6-24)23(2)7-12-20-21-13(26-12)14(15,16)17/h3-4,9H,5-7H2,1-2H3. The number of halogens is 3. The van der Waals surface area contributed by atoms with E-state index in [2.05, 4.69) is 34.8 Å². The lowest BCUT2D eigenvalue weighted by Gasteiger charge is -2.44. The highest BCUT2D eigenvalue weighted by Gasteiger charge is 2.38. The third kappa shape index (κ3) is 2.96. The summed E-state index contributed by atoms with van der Waals surface area (Å²) in [7, 11) is 1.81. The zero-order valence-corrected chi connectivity index (χ0v) is 14.0. The first-order chi connectivity index (χ1) is 12.3. The summed E-state index contributed by atoms with van der Waals surface area (Å²) < 4.78 is 43.8. The Morgan fingerprint density at radius 1 is 1.19 bits per heavy atom. The molecule has 0 atom stereocenters. The molecule has 0 aliphatic carbocycles. The molecule has 3 aromatic heterocycles. The van der Waals surface area contributed by atoms with Crippen LogP contribution in [0.4, 0.5) is 19.0 Å². The van der Waals surface area contributed by atoms with Crippen molar-refractivity contribution >= 4 is 11.5 Å². The maximum atomic E-state index is 12.5. The molecule has 0 bridgehead atoms. The smallest absolute Gasteiger partial charge is 0.416 e. The van der Waals surface area contributed by atoms with Crippen molar-refractivity contribution in [1.29, 1.82) is 0 Å². The maximum absolute atomic E-state index is 12.5. The van der Waals surface area contributed by atoms with E-state index in [1.54, 1.807) is 11.6 Å². The Labute approximate surface area is 145 Å². The van der Waals surface area contributed by atoms with Crippen molar-refractivity contribution in [3.63, 3.8) is 0 Å². The molecule has 26 heavy (non-hydrogen) atoms. The highest BCUT2D eigenvalue weighted by Crippen LogP contribution is 2.28. The number of hydrogen-bond donors (Lipinski definition) is 0. The Balaban J connectivity index is 1.37. The van der Waals surface area contributed by atoms with Crippen LogP contribution in [-0.2, 0) is 12.7 Å². The van der Waals surface area contributed by atoms with E-state index in [1.165, 1.54) is 0 Å². The number of hydrogen-bond acceptors (Lipinski definition) is 8. The summed E-state index contributed by atoms with van der Waals surface area (Å²) in [5, 5.41) is 19.0. The van der Waals surface area contributed by atoms with Crippen molar-refractivity contribution in [3.05, 3.63) is 29.7 Å². The molecule has 12 heteroatoms. The first-order valence-electron chi connectivity index (χ1n) is 7.85. The fourth-order valence-electron chi connectivity index (χ4n) is 2.75. The topological polar surface area (TPSA) is 88.5 Å². The zero-order valence-electron chi connectivity index (χ0n) is 14.0. The minimum atomic E-state index is -4.62. The van der Waals surface area contributed by atoms with Crippen LogP contribution in [-0.4, -0.2) is 61.1 Å². The molecular weight excluding hydrogens is 353 g/mol. The second-order valence-corrected chi connectivity index (χ2v) is 6.18. The monoisotopic (exact) mass is 368 g/mol. The minimum Gasteiger partial charge on any atom is -0.416 e. The first kappa shape index (κ1) is 16.7. The van der Waals surface area contributed by atoms with Crippen molar-refractivity contribution in [3.8, 4) is 0 Å². The molecular formula is C14H15F3N8O. The number of aryl methyl sites for hydroxylation is 1. The summed E-state index contributed by atoms with van der Waals surface area (Å²) in [6.45, 7) is 3.36. The van der Waals surface area contributed by atoms with Crippen LogP contribution < -0.4 is 4.90 Å². The molecule has 4 heterocycles. The number of alkyl halides is 3. The van der Waals surface area contributed by atoms with E-state index in [4.69, 9.17) is 0 Å². The molecule has 138 valence electrons. The van der Waals surface area contributed by atoms with E-state index < -0.39 is 12.1 Å². The Kier molecular flexibility index (Phi) is 3.79. The van der Waals surface area contributed by atoms with Gasteiger partial charge in [0.05, 0.1) is 6.54 Å². The number of aromatic nitrogens is 6. The first-order valence-corrected chi connectivity index (χ1v) is 7.85. The average Bonchev–Trinajstić information content (AvgIpc) is 3.13. The lowest BCUT2D eigenvalue weighted by molar-refractivity contribution is -0.157. The third-order valence-corrected chi connectivity index (χ3v) is 4.31. The highest BCUT2D eigenvalue weighted by atomic mass is 19.4. The van der Waals surface area contributed by atoms with Gasteiger partial charge in [-0.3, -0.25) is 4.90 Å². The number of nitrogens with zero attached hydrogens (tertiary/aromatic N) is 8. The van der Waals surface area contributed by atoms with Gasteiger partial charge in [-0.2, -0.15) is 17.7 Å². The van der Waals surface area contributed by atoms with Crippen LogP contribution in [0.3, 0.4) is 0 Å². The molecule has 1 aliphatic rings. The molecule has 9 nitrogen and oxygen atoms in total. The maximum Gasteiger partial charge on any atom is 0.470 e. The summed E-state index contributed by atoms with van der Waals surface area (Å²) in [6, 6.07) is 3.86. The molecule has 0 unspecified atom stereocenters. The lowest BCUT2D eigenvalue weighted by atomic mass is 10.1.